The highest BCUT2D eigenvalue weighted by molar-refractivity contribution is 6.43. The Labute approximate surface area is 180 Å². The average molecular weight is 433 g/mol. The second-order valence-electron chi connectivity index (χ2n) is 6.70. The highest BCUT2D eigenvalue weighted by atomic mass is 35.5. The van der Waals surface area contributed by atoms with E-state index in [4.69, 9.17) is 37.1 Å². The van der Waals surface area contributed by atoms with Crippen molar-refractivity contribution in [3.05, 3.63) is 76.0 Å². The lowest BCUT2D eigenvalue weighted by atomic mass is 9.99. The molecule has 152 valence electrons. The summed E-state index contributed by atoms with van der Waals surface area (Å²) in [6, 6.07) is 16.5. The summed E-state index contributed by atoms with van der Waals surface area (Å²) in [7, 11) is 0. The molecule has 0 spiro atoms. The molecule has 0 aliphatic rings. The Morgan fingerprint density at radius 1 is 1.07 bits per heavy atom. The van der Waals surface area contributed by atoms with E-state index in [9.17, 15) is 4.79 Å². The van der Waals surface area contributed by atoms with Crippen LogP contribution in [-0.2, 0) is 16.1 Å². The Morgan fingerprint density at radius 2 is 1.83 bits per heavy atom. The van der Waals surface area contributed by atoms with Gasteiger partial charge in [0, 0.05) is 5.56 Å². The molecule has 0 amide bonds. The molecule has 6 heteroatoms. The Hall–Kier alpha value is -2.43. The first kappa shape index (κ1) is 21.3. The van der Waals surface area contributed by atoms with Crippen LogP contribution in [0.2, 0.25) is 10.0 Å². The van der Waals surface area contributed by atoms with Gasteiger partial charge in [-0.1, -0.05) is 55.2 Å². The van der Waals surface area contributed by atoms with Crippen LogP contribution in [0.1, 0.15) is 37.5 Å². The Balaban J connectivity index is 1.50. The topological polar surface area (TPSA) is 48.7 Å². The Bertz CT molecular complexity index is 963. The van der Waals surface area contributed by atoms with Gasteiger partial charge in [0.15, 0.2) is 6.61 Å². The van der Waals surface area contributed by atoms with Gasteiger partial charge in [0.25, 0.3) is 0 Å². The van der Waals surface area contributed by atoms with Crippen molar-refractivity contribution in [1.82, 2.24) is 0 Å². The maximum absolute atomic E-state index is 12.0. The average Bonchev–Trinajstić information content (AvgIpc) is 3.21. The van der Waals surface area contributed by atoms with E-state index in [1.807, 2.05) is 30.3 Å². The summed E-state index contributed by atoms with van der Waals surface area (Å²) in [5.74, 6) is 1.71. The van der Waals surface area contributed by atoms with E-state index in [1.54, 1.807) is 24.3 Å². The molecule has 0 radical (unpaired) electrons. The number of halogens is 2. The second kappa shape index (κ2) is 9.86. The molecule has 0 aliphatic carbocycles. The van der Waals surface area contributed by atoms with Crippen molar-refractivity contribution in [2.75, 3.05) is 6.61 Å². The predicted molar refractivity (Wildman–Crippen MR) is 115 cm³/mol. The summed E-state index contributed by atoms with van der Waals surface area (Å²) in [4.78, 5) is 12.0. The van der Waals surface area contributed by atoms with Gasteiger partial charge >= 0.3 is 5.97 Å². The first-order valence-corrected chi connectivity index (χ1v) is 10.1. The van der Waals surface area contributed by atoms with Gasteiger partial charge in [-0.3, -0.25) is 0 Å². The lowest BCUT2D eigenvalue weighted by Gasteiger charge is -2.10. The minimum atomic E-state index is -0.477. The number of hydrogen-bond donors (Lipinski definition) is 0. The van der Waals surface area contributed by atoms with Gasteiger partial charge in [-0.25, -0.2) is 4.79 Å². The van der Waals surface area contributed by atoms with Crippen LogP contribution in [0.15, 0.2) is 59.0 Å². The van der Waals surface area contributed by atoms with Crippen molar-refractivity contribution >= 4 is 29.2 Å². The van der Waals surface area contributed by atoms with Gasteiger partial charge in [-0.05, 0) is 54.3 Å². The summed E-state index contributed by atoms with van der Waals surface area (Å²) in [6.45, 7) is 4.16. The molecule has 0 fully saturated rings. The summed E-state index contributed by atoms with van der Waals surface area (Å²) in [5, 5.41) is 0.864. The standard InChI is InChI=1S/C23H22Cl2O4/c1-3-15(2)16-7-9-17(10-8-16)27-14-22(26)28-13-18-11-12-21(29-18)19-5-4-6-20(24)23(19)25/h4-12,15H,3,13-14H2,1-2H3/t15-/m1/s1. The number of carbonyl (C=O) groups is 1. The van der Waals surface area contributed by atoms with Crippen molar-refractivity contribution in [2.45, 2.75) is 32.8 Å². The van der Waals surface area contributed by atoms with Crippen LogP contribution in [0.25, 0.3) is 11.3 Å². The first-order valence-electron chi connectivity index (χ1n) is 9.39. The van der Waals surface area contributed by atoms with Gasteiger partial charge in [-0.15, -0.1) is 0 Å². The SMILES string of the molecule is CC[C@@H](C)c1ccc(OCC(=O)OCc2ccc(-c3cccc(Cl)c3Cl)o2)cc1. The first-order chi connectivity index (χ1) is 14.0. The molecule has 3 aromatic rings. The summed E-state index contributed by atoms with van der Waals surface area (Å²) < 4.78 is 16.4. The number of carbonyl (C=O) groups excluding carboxylic acids is 1. The van der Waals surface area contributed by atoms with Crippen LogP contribution in [-0.4, -0.2) is 12.6 Å². The molecule has 1 aromatic heterocycles. The molecule has 3 rings (SSSR count). The van der Waals surface area contributed by atoms with Crippen molar-refractivity contribution in [3.8, 4) is 17.1 Å². The molecule has 0 aliphatic heterocycles. The third-order valence-electron chi connectivity index (χ3n) is 4.67. The molecule has 2 aromatic carbocycles. The number of esters is 1. The van der Waals surface area contributed by atoms with Crippen molar-refractivity contribution < 1.29 is 18.7 Å². The highest BCUT2D eigenvalue weighted by Gasteiger charge is 2.12. The fourth-order valence-corrected chi connectivity index (χ4v) is 3.15. The largest absolute Gasteiger partial charge is 0.482 e. The van der Waals surface area contributed by atoms with E-state index in [1.165, 1.54) is 5.56 Å². The minimum absolute atomic E-state index is 0.00727. The molecule has 0 saturated carbocycles. The molecule has 1 atom stereocenters. The van der Waals surface area contributed by atoms with Crippen LogP contribution in [0.5, 0.6) is 5.75 Å². The third kappa shape index (κ3) is 5.55. The van der Waals surface area contributed by atoms with E-state index in [0.29, 0.717) is 38.8 Å². The number of rotatable bonds is 8. The zero-order chi connectivity index (χ0) is 20.8. The van der Waals surface area contributed by atoms with Crippen molar-refractivity contribution in [1.29, 1.82) is 0 Å². The van der Waals surface area contributed by atoms with E-state index in [-0.39, 0.29) is 13.2 Å². The number of furan rings is 1. The van der Waals surface area contributed by atoms with E-state index in [0.717, 1.165) is 6.42 Å². The molecule has 4 nitrogen and oxygen atoms in total. The Kier molecular flexibility index (Phi) is 7.24. The van der Waals surface area contributed by atoms with Crippen LogP contribution < -0.4 is 4.74 Å². The van der Waals surface area contributed by atoms with Crippen LogP contribution in [0, 0.1) is 0 Å². The molecule has 0 saturated heterocycles. The summed E-state index contributed by atoms with van der Waals surface area (Å²) in [6.07, 6.45) is 1.07. The summed E-state index contributed by atoms with van der Waals surface area (Å²) >= 11 is 12.2. The fraction of sp³-hybridized carbons (Fsp3) is 0.261. The Morgan fingerprint density at radius 3 is 2.55 bits per heavy atom. The molecular weight excluding hydrogens is 411 g/mol. The van der Waals surface area contributed by atoms with Crippen LogP contribution >= 0.6 is 23.2 Å². The van der Waals surface area contributed by atoms with Gasteiger partial charge in [0.05, 0.1) is 10.0 Å². The van der Waals surface area contributed by atoms with Gasteiger partial charge in [-0.2, -0.15) is 0 Å². The van der Waals surface area contributed by atoms with E-state index >= 15 is 0 Å². The van der Waals surface area contributed by atoms with Crippen molar-refractivity contribution in [2.24, 2.45) is 0 Å². The third-order valence-corrected chi connectivity index (χ3v) is 5.49. The quantitative estimate of drug-likeness (QED) is 0.363. The van der Waals surface area contributed by atoms with E-state index < -0.39 is 5.97 Å². The maximum Gasteiger partial charge on any atom is 0.344 e. The molecule has 29 heavy (non-hydrogen) atoms. The van der Waals surface area contributed by atoms with Crippen molar-refractivity contribution in [3.63, 3.8) is 0 Å². The molecule has 0 N–H and O–H groups in total. The summed E-state index contributed by atoms with van der Waals surface area (Å²) in [5.41, 5.74) is 1.93. The highest BCUT2D eigenvalue weighted by Crippen LogP contribution is 2.34. The van der Waals surface area contributed by atoms with Gasteiger partial charge < -0.3 is 13.9 Å². The fourth-order valence-electron chi connectivity index (χ4n) is 2.76. The number of benzene rings is 2. The normalized spacial score (nSPS) is 11.9. The van der Waals surface area contributed by atoms with Gasteiger partial charge in [0.1, 0.15) is 23.9 Å². The van der Waals surface area contributed by atoms with Gasteiger partial charge in [0.2, 0.25) is 0 Å². The molecule has 1 heterocycles. The van der Waals surface area contributed by atoms with Crippen LogP contribution in [0.4, 0.5) is 0 Å². The molecule has 0 unspecified atom stereocenters. The lowest BCUT2D eigenvalue weighted by Crippen LogP contribution is -2.14. The molecular formula is C23H22Cl2O4. The monoisotopic (exact) mass is 432 g/mol. The lowest BCUT2D eigenvalue weighted by molar-refractivity contribution is -0.147. The van der Waals surface area contributed by atoms with E-state index in [2.05, 4.69) is 13.8 Å². The van der Waals surface area contributed by atoms with Crippen LogP contribution in [0.3, 0.4) is 0 Å². The zero-order valence-corrected chi connectivity index (χ0v) is 17.8. The minimum Gasteiger partial charge on any atom is -0.482 e. The number of ether oxygens (including phenoxy) is 2. The second-order valence-corrected chi connectivity index (χ2v) is 7.48. The predicted octanol–water partition coefficient (Wildman–Crippen LogP) is 6.89. The zero-order valence-electron chi connectivity index (χ0n) is 16.3. The molecule has 0 bridgehead atoms. The number of hydrogen-bond acceptors (Lipinski definition) is 4. The maximum atomic E-state index is 12.0. The smallest absolute Gasteiger partial charge is 0.344 e.